The van der Waals surface area contributed by atoms with Crippen molar-refractivity contribution in [3.8, 4) is 0 Å². The van der Waals surface area contributed by atoms with Crippen molar-refractivity contribution in [1.29, 1.82) is 0 Å². The summed E-state index contributed by atoms with van der Waals surface area (Å²) in [7, 11) is 3.25. The summed E-state index contributed by atoms with van der Waals surface area (Å²) in [4.78, 5) is 12.4. The van der Waals surface area contributed by atoms with Crippen LogP contribution in [0.15, 0.2) is 18.2 Å². The van der Waals surface area contributed by atoms with E-state index in [0.717, 1.165) is 12.1 Å². The van der Waals surface area contributed by atoms with Crippen molar-refractivity contribution in [3.63, 3.8) is 0 Å². The number of rotatable bonds is 4. The van der Waals surface area contributed by atoms with Crippen LogP contribution in [0.5, 0.6) is 0 Å². The highest BCUT2D eigenvalue weighted by molar-refractivity contribution is 5.73. The monoisotopic (exact) mass is 229 g/mol. The molecule has 5 heteroatoms. The number of hydrogen-bond acceptors (Lipinski definition) is 2. The van der Waals surface area contributed by atoms with Crippen LogP contribution < -0.4 is 0 Å². The Bertz CT molecular complexity index is 394. The van der Waals surface area contributed by atoms with Gasteiger partial charge in [-0.05, 0) is 38.2 Å². The number of benzene rings is 1. The van der Waals surface area contributed by atoms with Crippen molar-refractivity contribution in [2.75, 3.05) is 14.1 Å². The molecule has 1 unspecified atom stereocenters. The van der Waals surface area contributed by atoms with Gasteiger partial charge in [-0.25, -0.2) is 8.78 Å². The van der Waals surface area contributed by atoms with E-state index in [4.69, 9.17) is 5.11 Å². The normalized spacial score (nSPS) is 12.8. The summed E-state index contributed by atoms with van der Waals surface area (Å²) in [6.45, 7) is 0. The highest BCUT2D eigenvalue weighted by atomic mass is 19.2. The van der Waals surface area contributed by atoms with Gasteiger partial charge in [-0.15, -0.1) is 0 Å². The largest absolute Gasteiger partial charge is 0.480 e. The summed E-state index contributed by atoms with van der Waals surface area (Å²) >= 11 is 0. The summed E-state index contributed by atoms with van der Waals surface area (Å²) in [5, 5.41) is 8.92. The average Bonchev–Trinajstić information content (AvgIpc) is 2.18. The molecule has 0 aliphatic carbocycles. The number of carboxylic acid groups (broad SMARTS) is 1. The van der Waals surface area contributed by atoms with E-state index in [1.54, 1.807) is 14.1 Å². The Morgan fingerprint density at radius 3 is 2.44 bits per heavy atom. The fourth-order valence-electron chi connectivity index (χ4n) is 1.38. The topological polar surface area (TPSA) is 40.5 Å². The van der Waals surface area contributed by atoms with Gasteiger partial charge in [-0.3, -0.25) is 9.69 Å². The van der Waals surface area contributed by atoms with Gasteiger partial charge in [0, 0.05) is 0 Å². The SMILES string of the molecule is CN(C)C(Cc1ccc(F)c(F)c1)C(=O)O. The van der Waals surface area contributed by atoms with Gasteiger partial charge in [-0.2, -0.15) is 0 Å². The third-order valence-electron chi connectivity index (χ3n) is 2.32. The minimum Gasteiger partial charge on any atom is -0.480 e. The van der Waals surface area contributed by atoms with Crippen LogP contribution in [0.25, 0.3) is 0 Å². The predicted molar refractivity (Wildman–Crippen MR) is 55.2 cm³/mol. The van der Waals surface area contributed by atoms with Gasteiger partial charge >= 0.3 is 5.97 Å². The Labute approximate surface area is 92.3 Å². The summed E-state index contributed by atoms with van der Waals surface area (Å²) in [5.74, 6) is -2.88. The number of halogens is 2. The zero-order valence-electron chi connectivity index (χ0n) is 9.08. The summed E-state index contributed by atoms with van der Waals surface area (Å²) in [5.41, 5.74) is 0.458. The van der Waals surface area contributed by atoms with Crippen LogP contribution in [-0.4, -0.2) is 36.1 Å². The van der Waals surface area contributed by atoms with Gasteiger partial charge in [0.25, 0.3) is 0 Å². The first-order valence-electron chi connectivity index (χ1n) is 4.75. The quantitative estimate of drug-likeness (QED) is 0.851. The first kappa shape index (κ1) is 12.6. The Morgan fingerprint density at radius 2 is 2.00 bits per heavy atom. The molecule has 0 radical (unpaired) electrons. The van der Waals surface area contributed by atoms with Crippen LogP contribution in [0.3, 0.4) is 0 Å². The molecule has 0 bridgehead atoms. The van der Waals surface area contributed by atoms with Crippen LogP contribution in [0.1, 0.15) is 5.56 Å². The van der Waals surface area contributed by atoms with Crippen LogP contribution in [0, 0.1) is 11.6 Å². The zero-order valence-corrected chi connectivity index (χ0v) is 9.08. The lowest BCUT2D eigenvalue weighted by atomic mass is 10.1. The number of nitrogens with zero attached hydrogens (tertiary/aromatic N) is 1. The van der Waals surface area contributed by atoms with Crippen molar-refractivity contribution >= 4 is 5.97 Å². The molecule has 1 aromatic rings. The Balaban J connectivity index is 2.86. The molecular weight excluding hydrogens is 216 g/mol. The molecule has 1 aromatic carbocycles. The van der Waals surface area contributed by atoms with Gasteiger partial charge in [0.1, 0.15) is 6.04 Å². The standard InChI is InChI=1S/C11H13F2NO2/c1-14(2)10(11(15)16)6-7-3-4-8(12)9(13)5-7/h3-5,10H,6H2,1-2H3,(H,15,16). The molecule has 3 nitrogen and oxygen atoms in total. The van der Waals surface area contributed by atoms with Crippen molar-refractivity contribution < 1.29 is 18.7 Å². The third-order valence-corrected chi connectivity index (χ3v) is 2.32. The van der Waals surface area contributed by atoms with E-state index in [1.807, 2.05) is 0 Å². The van der Waals surface area contributed by atoms with E-state index in [0.29, 0.717) is 5.56 Å². The molecule has 0 aliphatic rings. The maximum absolute atomic E-state index is 12.9. The van der Waals surface area contributed by atoms with Gasteiger partial charge < -0.3 is 5.11 Å². The molecule has 1 atom stereocenters. The van der Waals surface area contributed by atoms with Crippen molar-refractivity contribution in [2.45, 2.75) is 12.5 Å². The molecule has 0 spiro atoms. The van der Waals surface area contributed by atoms with Gasteiger partial charge in [0.15, 0.2) is 11.6 Å². The average molecular weight is 229 g/mol. The van der Waals surface area contributed by atoms with Crippen LogP contribution in [-0.2, 0) is 11.2 Å². The van der Waals surface area contributed by atoms with E-state index in [-0.39, 0.29) is 6.42 Å². The predicted octanol–water partition coefficient (Wildman–Crippen LogP) is 1.52. The molecule has 0 aromatic heterocycles. The Morgan fingerprint density at radius 1 is 1.38 bits per heavy atom. The van der Waals surface area contributed by atoms with E-state index in [2.05, 4.69) is 0 Å². The maximum atomic E-state index is 12.9. The summed E-state index contributed by atoms with van der Waals surface area (Å²) < 4.78 is 25.5. The summed E-state index contributed by atoms with van der Waals surface area (Å²) in [6, 6.07) is 2.66. The first-order chi connectivity index (χ1) is 7.41. The number of hydrogen-bond donors (Lipinski definition) is 1. The lowest BCUT2D eigenvalue weighted by molar-refractivity contribution is -0.142. The third kappa shape index (κ3) is 3.00. The van der Waals surface area contributed by atoms with Crippen molar-refractivity contribution in [3.05, 3.63) is 35.4 Å². The lowest BCUT2D eigenvalue weighted by Gasteiger charge is -2.19. The molecule has 1 N–H and O–H groups in total. The zero-order chi connectivity index (χ0) is 12.3. The second kappa shape index (κ2) is 5.03. The minimum atomic E-state index is -0.991. The smallest absolute Gasteiger partial charge is 0.321 e. The maximum Gasteiger partial charge on any atom is 0.321 e. The van der Waals surface area contributed by atoms with E-state index >= 15 is 0 Å². The number of likely N-dealkylation sites (N-methyl/N-ethyl adjacent to an activating group) is 1. The Kier molecular flexibility index (Phi) is 3.95. The van der Waals surface area contributed by atoms with Crippen LogP contribution >= 0.6 is 0 Å². The van der Waals surface area contributed by atoms with Gasteiger partial charge in [0.05, 0.1) is 0 Å². The van der Waals surface area contributed by atoms with Gasteiger partial charge in [-0.1, -0.05) is 6.07 Å². The molecule has 1 rings (SSSR count). The van der Waals surface area contributed by atoms with Crippen LogP contribution in [0.4, 0.5) is 8.78 Å². The molecule has 88 valence electrons. The second-order valence-electron chi connectivity index (χ2n) is 3.77. The fraction of sp³-hybridized carbons (Fsp3) is 0.364. The first-order valence-corrected chi connectivity index (χ1v) is 4.75. The minimum absolute atomic E-state index is 0.138. The van der Waals surface area contributed by atoms with Crippen molar-refractivity contribution in [2.24, 2.45) is 0 Å². The Hall–Kier alpha value is -1.49. The molecule has 0 saturated heterocycles. The molecule has 16 heavy (non-hydrogen) atoms. The van der Waals surface area contributed by atoms with Crippen LogP contribution in [0.2, 0.25) is 0 Å². The van der Waals surface area contributed by atoms with E-state index in [1.165, 1.54) is 11.0 Å². The van der Waals surface area contributed by atoms with Gasteiger partial charge in [0.2, 0.25) is 0 Å². The fourth-order valence-corrected chi connectivity index (χ4v) is 1.38. The highest BCUT2D eigenvalue weighted by Crippen LogP contribution is 2.12. The van der Waals surface area contributed by atoms with Crippen molar-refractivity contribution in [1.82, 2.24) is 4.90 Å². The number of carboxylic acids is 1. The van der Waals surface area contributed by atoms with E-state index < -0.39 is 23.6 Å². The summed E-state index contributed by atoms with van der Waals surface area (Å²) in [6.07, 6.45) is 0.138. The second-order valence-corrected chi connectivity index (χ2v) is 3.77. The molecular formula is C11H13F2NO2. The molecule has 0 amide bonds. The number of aliphatic carboxylic acids is 1. The highest BCUT2D eigenvalue weighted by Gasteiger charge is 2.20. The van der Waals surface area contributed by atoms with E-state index in [9.17, 15) is 13.6 Å². The number of carbonyl (C=O) groups is 1. The molecule has 0 heterocycles. The molecule has 0 fully saturated rings. The lowest BCUT2D eigenvalue weighted by Crippen LogP contribution is -2.37. The molecule has 0 aliphatic heterocycles. The molecule has 0 saturated carbocycles.